The first-order chi connectivity index (χ1) is 8.31. The molecule has 0 saturated heterocycles. The van der Waals surface area contributed by atoms with Gasteiger partial charge < -0.3 is 9.84 Å². The quantitative estimate of drug-likeness (QED) is 0.872. The number of pyridine rings is 1. The number of hydrogen-bond donors (Lipinski definition) is 1. The summed E-state index contributed by atoms with van der Waals surface area (Å²) >= 11 is 0. The van der Waals surface area contributed by atoms with E-state index in [9.17, 15) is 0 Å². The third kappa shape index (κ3) is 2.13. The standard InChI is InChI=1S/C12H14N4O/c1-8-14-12(17-16-8)7-13-11-6-5-9-3-2-4-10(9)15-11/h5-6H,2-4,7H2,1H3,(H,13,15). The van der Waals surface area contributed by atoms with Gasteiger partial charge in [0.2, 0.25) is 5.89 Å². The first-order valence-electron chi connectivity index (χ1n) is 5.83. The Morgan fingerprint density at radius 3 is 3.06 bits per heavy atom. The van der Waals surface area contributed by atoms with E-state index in [2.05, 4.69) is 26.5 Å². The van der Waals surface area contributed by atoms with Crippen molar-refractivity contribution in [3.8, 4) is 0 Å². The Balaban J connectivity index is 1.69. The van der Waals surface area contributed by atoms with Crippen LogP contribution in [0.2, 0.25) is 0 Å². The van der Waals surface area contributed by atoms with E-state index >= 15 is 0 Å². The van der Waals surface area contributed by atoms with E-state index in [0.717, 1.165) is 18.7 Å². The van der Waals surface area contributed by atoms with Gasteiger partial charge in [-0.05, 0) is 37.8 Å². The highest BCUT2D eigenvalue weighted by atomic mass is 16.5. The highest BCUT2D eigenvalue weighted by Crippen LogP contribution is 2.21. The second-order valence-electron chi connectivity index (χ2n) is 4.24. The molecule has 17 heavy (non-hydrogen) atoms. The van der Waals surface area contributed by atoms with Gasteiger partial charge in [0.1, 0.15) is 5.82 Å². The molecule has 0 bridgehead atoms. The number of rotatable bonds is 3. The van der Waals surface area contributed by atoms with Gasteiger partial charge in [0.05, 0.1) is 6.54 Å². The van der Waals surface area contributed by atoms with Crippen molar-refractivity contribution >= 4 is 5.82 Å². The number of anilines is 1. The maximum absolute atomic E-state index is 5.03. The predicted molar refractivity (Wildman–Crippen MR) is 62.6 cm³/mol. The number of nitrogens with zero attached hydrogens (tertiary/aromatic N) is 3. The van der Waals surface area contributed by atoms with Crippen LogP contribution in [0.25, 0.3) is 0 Å². The van der Waals surface area contributed by atoms with Gasteiger partial charge in [-0.1, -0.05) is 11.2 Å². The van der Waals surface area contributed by atoms with E-state index in [0.29, 0.717) is 18.3 Å². The van der Waals surface area contributed by atoms with Crippen LogP contribution in [0.1, 0.15) is 29.4 Å². The summed E-state index contributed by atoms with van der Waals surface area (Å²) in [5.41, 5.74) is 2.60. The lowest BCUT2D eigenvalue weighted by molar-refractivity contribution is 0.379. The minimum Gasteiger partial charge on any atom is -0.361 e. The van der Waals surface area contributed by atoms with Crippen molar-refractivity contribution in [2.75, 3.05) is 5.32 Å². The van der Waals surface area contributed by atoms with Gasteiger partial charge >= 0.3 is 0 Å². The maximum Gasteiger partial charge on any atom is 0.245 e. The van der Waals surface area contributed by atoms with Crippen molar-refractivity contribution in [2.45, 2.75) is 32.7 Å². The van der Waals surface area contributed by atoms with Gasteiger partial charge in [-0.3, -0.25) is 0 Å². The predicted octanol–water partition coefficient (Wildman–Crippen LogP) is 1.87. The van der Waals surface area contributed by atoms with E-state index < -0.39 is 0 Å². The molecule has 0 unspecified atom stereocenters. The van der Waals surface area contributed by atoms with Crippen molar-refractivity contribution in [2.24, 2.45) is 0 Å². The van der Waals surface area contributed by atoms with Crippen LogP contribution in [0, 0.1) is 6.92 Å². The van der Waals surface area contributed by atoms with Crippen LogP contribution in [0.5, 0.6) is 0 Å². The summed E-state index contributed by atoms with van der Waals surface area (Å²) < 4.78 is 5.03. The number of aryl methyl sites for hydroxylation is 3. The summed E-state index contributed by atoms with van der Waals surface area (Å²) in [4.78, 5) is 8.70. The molecule has 1 aliphatic rings. The molecular weight excluding hydrogens is 216 g/mol. The Bertz CT molecular complexity index is 535. The molecule has 88 valence electrons. The Morgan fingerprint density at radius 2 is 2.24 bits per heavy atom. The van der Waals surface area contributed by atoms with Crippen LogP contribution in [0.15, 0.2) is 16.7 Å². The van der Waals surface area contributed by atoms with Crippen LogP contribution in [-0.4, -0.2) is 15.1 Å². The lowest BCUT2D eigenvalue weighted by Crippen LogP contribution is -2.03. The summed E-state index contributed by atoms with van der Waals surface area (Å²) in [6.45, 7) is 2.33. The van der Waals surface area contributed by atoms with Gasteiger partial charge in [0, 0.05) is 5.69 Å². The molecule has 1 aliphatic carbocycles. The summed E-state index contributed by atoms with van der Waals surface area (Å²) in [5, 5.41) is 6.94. The fourth-order valence-electron chi connectivity index (χ4n) is 2.10. The summed E-state index contributed by atoms with van der Waals surface area (Å²) in [7, 11) is 0. The zero-order valence-electron chi connectivity index (χ0n) is 9.73. The normalized spacial score (nSPS) is 13.7. The van der Waals surface area contributed by atoms with Crippen molar-refractivity contribution in [3.63, 3.8) is 0 Å². The van der Waals surface area contributed by atoms with Crippen molar-refractivity contribution < 1.29 is 4.52 Å². The van der Waals surface area contributed by atoms with Gasteiger partial charge in [-0.25, -0.2) is 4.98 Å². The lowest BCUT2D eigenvalue weighted by Gasteiger charge is -2.04. The monoisotopic (exact) mass is 230 g/mol. The molecule has 0 saturated carbocycles. The molecule has 0 amide bonds. The van der Waals surface area contributed by atoms with E-state index in [1.807, 2.05) is 6.07 Å². The molecular formula is C12H14N4O. The smallest absolute Gasteiger partial charge is 0.245 e. The van der Waals surface area contributed by atoms with Crippen molar-refractivity contribution in [3.05, 3.63) is 35.1 Å². The molecule has 1 N–H and O–H groups in total. The molecule has 2 heterocycles. The number of aromatic nitrogens is 3. The fourth-order valence-corrected chi connectivity index (χ4v) is 2.10. The van der Waals surface area contributed by atoms with Crippen LogP contribution in [0.3, 0.4) is 0 Å². The van der Waals surface area contributed by atoms with Crippen LogP contribution < -0.4 is 5.32 Å². The number of hydrogen-bond acceptors (Lipinski definition) is 5. The second kappa shape index (κ2) is 4.16. The molecule has 3 rings (SSSR count). The largest absolute Gasteiger partial charge is 0.361 e. The van der Waals surface area contributed by atoms with E-state index in [1.54, 1.807) is 6.92 Å². The van der Waals surface area contributed by atoms with E-state index in [-0.39, 0.29) is 0 Å². The molecule has 5 nitrogen and oxygen atoms in total. The Kier molecular flexibility index (Phi) is 2.51. The highest BCUT2D eigenvalue weighted by Gasteiger charge is 2.12. The Labute approximate surface area is 99.3 Å². The molecule has 0 radical (unpaired) electrons. The second-order valence-corrected chi connectivity index (χ2v) is 4.24. The minimum atomic E-state index is 0.520. The van der Waals surface area contributed by atoms with Crippen LogP contribution in [0.4, 0.5) is 5.82 Å². The summed E-state index contributed by atoms with van der Waals surface area (Å²) in [6, 6.07) is 4.16. The first kappa shape index (κ1) is 10.3. The molecule has 0 aliphatic heterocycles. The molecule has 0 fully saturated rings. The van der Waals surface area contributed by atoms with Gasteiger partial charge in [0.15, 0.2) is 5.82 Å². The molecule has 2 aromatic rings. The van der Waals surface area contributed by atoms with Crippen LogP contribution in [-0.2, 0) is 19.4 Å². The maximum atomic E-state index is 5.03. The third-order valence-electron chi connectivity index (χ3n) is 2.92. The average molecular weight is 230 g/mol. The molecule has 0 spiro atoms. The van der Waals surface area contributed by atoms with Crippen molar-refractivity contribution in [1.82, 2.24) is 15.1 Å². The first-order valence-corrected chi connectivity index (χ1v) is 5.83. The Hall–Kier alpha value is -1.91. The molecule has 0 aromatic carbocycles. The molecule has 2 aromatic heterocycles. The topological polar surface area (TPSA) is 63.8 Å². The highest BCUT2D eigenvalue weighted by molar-refractivity contribution is 5.40. The lowest BCUT2D eigenvalue weighted by atomic mass is 10.2. The van der Waals surface area contributed by atoms with Crippen molar-refractivity contribution in [1.29, 1.82) is 0 Å². The van der Waals surface area contributed by atoms with E-state index in [1.165, 1.54) is 17.7 Å². The molecule has 5 heteroatoms. The minimum absolute atomic E-state index is 0.520. The van der Waals surface area contributed by atoms with Crippen LogP contribution >= 0.6 is 0 Å². The average Bonchev–Trinajstić information content (AvgIpc) is 2.94. The number of nitrogens with one attached hydrogen (secondary N) is 1. The van der Waals surface area contributed by atoms with Gasteiger partial charge in [-0.2, -0.15) is 4.98 Å². The summed E-state index contributed by atoms with van der Waals surface area (Å²) in [5.74, 6) is 2.12. The number of fused-ring (bicyclic) bond motifs is 1. The van der Waals surface area contributed by atoms with Gasteiger partial charge in [-0.15, -0.1) is 0 Å². The Morgan fingerprint density at radius 1 is 1.29 bits per heavy atom. The van der Waals surface area contributed by atoms with E-state index in [4.69, 9.17) is 4.52 Å². The zero-order valence-corrected chi connectivity index (χ0v) is 9.73. The molecule has 0 atom stereocenters. The summed E-state index contributed by atoms with van der Waals surface area (Å²) in [6.07, 6.45) is 3.46. The SMILES string of the molecule is Cc1noc(CNc2ccc3c(n2)CCC3)n1. The fraction of sp³-hybridized carbons (Fsp3) is 0.417. The third-order valence-corrected chi connectivity index (χ3v) is 2.92. The van der Waals surface area contributed by atoms with Gasteiger partial charge in [0.25, 0.3) is 0 Å². The zero-order chi connectivity index (χ0) is 11.7.